The molecular formula is C13H25Cl3O7Ti. The molecule has 1 heterocycles. The Morgan fingerprint density at radius 2 is 0.917 bits per heavy atom. The van der Waals surface area contributed by atoms with Crippen molar-refractivity contribution < 1.29 is 92.5 Å². The molecule has 1 unspecified atom stereocenters. The molecular weight excluding hydrogens is 422 g/mol. The summed E-state index contributed by atoms with van der Waals surface area (Å²) in [6.07, 6.45) is -0.433. The second kappa shape index (κ2) is 26.5. The van der Waals surface area contributed by atoms with Crippen molar-refractivity contribution in [2.75, 3.05) is 79.3 Å². The van der Waals surface area contributed by atoms with Gasteiger partial charge in [0.25, 0.3) is 0 Å². The van der Waals surface area contributed by atoms with Gasteiger partial charge >= 0.3 is 21.7 Å². The molecule has 0 bridgehead atoms. The van der Waals surface area contributed by atoms with Crippen LogP contribution in [0.5, 0.6) is 0 Å². The van der Waals surface area contributed by atoms with Gasteiger partial charge < -0.3 is 70.7 Å². The zero-order valence-electron chi connectivity index (χ0n) is 13.6. The quantitative estimate of drug-likeness (QED) is 0.370. The van der Waals surface area contributed by atoms with Crippen molar-refractivity contribution >= 4 is 0 Å². The molecule has 0 radical (unpaired) electrons. The Morgan fingerprint density at radius 1 is 0.583 bits per heavy atom. The van der Waals surface area contributed by atoms with Crippen LogP contribution in [-0.4, -0.2) is 85.4 Å². The van der Waals surface area contributed by atoms with Gasteiger partial charge in [-0.3, -0.25) is 0 Å². The first-order valence-corrected chi connectivity index (χ1v) is 7.02. The standard InChI is InChI=1S/C13H25O7.3ClH.Ti/c14-11-13-12-19-8-7-17-4-3-15-1-2-16-5-6-18-9-10-20-13;;;;/h13H,1-12H2;3*1H;/q-1;;;;+4/p-3. The predicted octanol–water partition coefficient (Wildman–Crippen LogP) is -10.2. The molecule has 1 atom stereocenters. The molecule has 1 saturated heterocycles. The van der Waals surface area contributed by atoms with E-state index >= 15 is 0 Å². The molecule has 144 valence electrons. The Labute approximate surface area is 177 Å². The maximum absolute atomic E-state index is 10.9. The molecule has 7 nitrogen and oxygen atoms in total. The van der Waals surface area contributed by atoms with E-state index in [9.17, 15) is 5.11 Å². The van der Waals surface area contributed by atoms with Crippen LogP contribution in [0.3, 0.4) is 0 Å². The molecule has 0 aromatic rings. The second-order valence-corrected chi connectivity index (χ2v) is 4.18. The van der Waals surface area contributed by atoms with Crippen molar-refractivity contribution in [3.8, 4) is 0 Å². The van der Waals surface area contributed by atoms with Gasteiger partial charge in [0.15, 0.2) is 0 Å². The van der Waals surface area contributed by atoms with Crippen LogP contribution in [0.2, 0.25) is 0 Å². The summed E-state index contributed by atoms with van der Waals surface area (Å²) in [5.41, 5.74) is 0. The molecule has 0 spiro atoms. The van der Waals surface area contributed by atoms with E-state index in [1.165, 1.54) is 0 Å². The molecule has 0 saturated carbocycles. The van der Waals surface area contributed by atoms with E-state index in [1.54, 1.807) is 0 Å². The Morgan fingerprint density at radius 3 is 1.29 bits per heavy atom. The van der Waals surface area contributed by atoms with Crippen LogP contribution in [0.15, 0.2) is 0 Å². The van der Waals surface area contributed by atoms with Crippen LogP contribution in [0.25, 0.3) is 0 Å². The summed E-state index contributed by atoms with van der Waals surface area (Å²) in [6, 6.07) is 0. The Kier molecular flexibility index (Phi) is 36.4. The summed E-state index contributed by atoms with van der Waals surface area (Å²) in [4.78, 5) is 0. The maximum Gasteiger partial charge on any atom is 4.00 e. The van der Waals surface area contributed by atoms with Crippen molar-refractivity contribution in [3.63, 3.8) is 0 Å². The third-order valence-corrected chi connectivity index (χ3v) is 2.56. The Balaban J connectivity index is -0.000000500. The van der Waals surface area contributed by atoms with E-state index in [4.69, 9.17) is 28.4 Å². The van der Waals surface area contributed by atoms with Gasteiger partial charge in [0, 0.05) is 0 Å². The smallest absolute Gasteiger partial charge is 1.00 e. The van der Waals surface area contributed by atoms with Crippen LogP contribution in [0.1, 0.15) is 0 Å². The first-order valence-electron chi connectivity index (χ1n) is 7.02. The zero-order chi connectivity index (χ0) is 14.3. The van der Waals surface area contributed by atoms with E-state index in [0.717, 1.165) is 0 Å². The summed E-state index contributed by atoms with van der Waals surface area (Å²) in [5, 5.41) is 10.9. The molecule has 0 aliphatic carbocycles. The minimum absolute atomic E-state index is 0. The van der Waals surface area contributed by atoms with Gasteiger partial charge in [0.2, 0.25) is 0 Å². The SMILES string of the molecule is [Cl-].[Cl-].[Cl-].[O-]CC1COCCOCCOCCOCCOCCO1.[Ti+4]. The number of halogens is 3. The zero-order valence-corrected chi connectivity index (χ0v) is 17.4. The van der Waals surface area contributed by atoms with Crippen LogP contribution >= 0.6 is 0 Å². The van der Waals surface area contributed by atoms with Gasteiger partial charge in [-0.15, -0.1) is 6.61 Å². The summed E-state index contributed by atoms with van der Waals surface area (Å²) in [7, 11) is 0. The molecule has 0 amide bonds. The van der Waals surface area contributed by atoms with Crippen LogP contribution < -0.4 is 42.3 Å². The first-order chi connectivity index (χ1) is 9.93. The van der Waals surface area contributed by atoms with Gasteiger partial charge in [-0.2, -0.15) is 0 Å². The van der Waals surface area contributed by atoms with Crippen molar-refractivity contribution in [1.29, 1.82) is 0 Å². The van der Waals surface area contributed by atoms with Crippen molar-refractivity contribution in [2.45, 2.75) is 6.10 Å². The number of hydrogen-bond acceptors (Lipinski definition) is 7. The molecule has 1 aliphatic rings. The Hall–Kier alpha value is 1.30. The topological polar surface area (TPSA) is 78.4 Å². The van der Waals surface area contributed by atoms with E-state index in [-0.39, 0.29) is 72.2 Å². The van der Waals surface area contributed by atoms with Crippen molar-refractivity contribution in [3.05, 3.63) is 0 Å². The van der Waals surface area contributed by atoms with Crippen molar-refractivity contribution in [1.82, 2.24) is 0 Å². The normalized spacial score (nSPS) is 22.1. The fraction of sp³-hybridized carbons (Fsp3) is 1.00. The average Bonchev–Trinajstić information content (AvgIpc) is 2.47. The molecule has 0 aromatic heterocycles. The van der Waals surface area contributed by atoms with Crippen LogP contribution in [0, 0.1) is 0 Å². The minimum Gasteiger partial charge on any atom is -1.00 e. The molecule has 24 heavy (non-hydrogen) atoms. The fourth-order valence-corrected chi connectivity index (χ4v) is 1.51. The van der Waals surface area contributed by atoms with Gasteiger partial charge in [0.05, 0.1) is 78.8 Å². The third-order valence-electron chi connectivity index (χ3n) is 2.56. The predicted molar refractivity (Wildman–Crippen MR) is 68.7 cm³/mol. The monoisotopic (exact) mass is 446 g/mol. The van der Waals surface area contributed by atoms with E-state index < -0.39 is 6.10 Å². The number of hydrogen-bond donors (Lipinski definition) is 0. The van der Waals surface area contributed by atoms with Crippen molar-refractivity contribution in [2.24, 2.45) is 0 Å². The molecule has 1 fully saturated rings. The van der Waals surface area contributed by atoms with E-state index in [0.29, 0.717) is 66.1 Å². The molecule has 0 N–H and O–H groups in total. The van der Waals surface area contributed by atoms with Gasteiger partial charge in [-0.05, 0) is 0 Å². The maximum atomic E-state index is 10.9. The largest absolute Gasteiger partial charge is 4.00 e. The van der Waals surface area contributed by atoms with E-state index in [2.05, 4.69) is 0 Å². The minimum atomic E-state index is -0.433. The molecule has 1 aliphatic heterocycles. The third kappa shape index (κ3) is 21.3. The van der Waals surface area contributed by atoms with Gasteiger partial charge in [0.1, 0.15) is 0 Å². The Bertz CT molecular complexity index is 204. The fourth-order valence-electron chi connectivity index (χ4n) is 1.51. The van der Waals surface area contributed by atoms with Crippen LogP contribution in [0.4, 0.5) is 0 Å². The van der Waals surface area contributed by atoms with Gasteiger partial charge in [-0.25, -0.2) is 0 Å². The molecule has 0 aromatic carbocycles. The first kappa shape index (κ1) is 32.9. The summed E-state index contributed by atoms with van der Waals surface area (Å²) >= 11 is 0. The molecule has 1 rings (SSSR count). The summed E-state index contributed by atoms with van der Waals surface area (Å²) in [5.74, 6) is 0. The molecule has 11 heteroatoms. The second-order valence-electron chi connectivity index (χ2n) is 4.18. The van der Waals surface area contributed by atoms with Crippen LogP contribution in [-0.2, 0) is 50.1 Å². The van der Waals surface area contributed by atoms with Gasteiger partial charge in [-0.1, -0.05) is 0 Å². The van der Waals surface area contributed by atoms with E-state index in [1.807, 2.05) is 0 Å². The summed E-state index contributed by atoms with van der Waals surface area (Å²) in [6.45, 7) is 4.89. The number of rotatable bonds is 1. The number of ether oxygens (including phenoxy) is 6. The average molecular weight is 448 g/mol. The summed E-state index contributed by atoms with van der Waals surface area (Å²) < 4.78 is 32.0.